The third kappa shape index (κ3) is 7.17. The number of carboxylic acids is 1. The number of hydrogen-bond donors (Lipinski definition) is 3. The summed E-state index contributed by atoms with van der Waals surface area (Å²) in [5.74, 6) is -3.49. The summed E-state index contributed by atoms with van der Waals surface area (Å²) in [5, 5.41) is 16.1. The van der Waals surface area contributed by atoms with Crippen molar-refractivity contribution in [2.24, 2.45) is 0 Å². The van der Waals surface area contributed by atoms with Crippen molar-refractivity contribution in [1.82, 2.24) is 10.6 Å². The summed E-state index contributed by atoms with van der Waals surface area (Å²) in [6, 6.07) is 18.3. The number of aliphatic carboxylic acids is 1. The van der Waals surface area contributed by atoms with Gasteiger partial charge in [-0.15, -0.1) is 0 Å². The van der Waals surface area contributed by atoms with Crippen molar-refractivity contribution >= 4 is 40.6 Å². The zero-order chi connectivity index (χ0) is 26.9. The molecule has 0 aliphatic carbocycles. The minimum atomic E-state index is -1.43. The molecule has 0 aliphatic rings. The Labute approximate surface area is 214 Å². The Balaban J connectivity index is 1.79. The zero-order valence-electron chi connectivity index (χ0n) is 20.7. The second kappa shape index (κ2) is 12.3. The molecular weight excluding hydrogens is 476 g/mol. The van der Waals surface area contributed by atoms with E-state index in [1.807, 2.05) is 30.3 Å². The number of ether oxygens (including phenoxy) is 2. The molecule has 2 atom stereocenters. The number of carbonyl (C=O) groups is 4. The van der Waals surface area contributed by atoms with Crippen molar-refractivity contribution in [3.63, 3.8) is 0 Å². The van der Waals surface area contributed by atoms with Crippen LogP contribution in [-0.2, 0) is 23.9 Å². The Bertz CT molecular complexity index is 1330. The summed E-state index contributed by atoms with van der Waals surface area (Å²) in [5.41, 5.74) is 1.11. The van der Waals surface area contributed by atoms with Gasteiger partial charge in [-0.05, 0) is 47.0 Å². The number of hydrogen-bond acceptors (Lipinski definition) is 6. The van der Waals surface area contributed by atoms with Gasteiger partial charge < -0.3 is 25.2 Å². The average molecular weight is 505 g/mol. The second-order valence-corrected chi connectivity index (χ2v) is 8.30. The highest BCUT2D eigenvalue weighted by Gasteiger charge is 2.28. The van der Waals surface area contributed by atoms with Crippen molar-refractivity contribution in [3.05, 3.63) is 83.6 Å². The van der Waals surface area contributed by atoms with Crippen LogP contribution < -0.4 is 15.4 Å². The van der Waals surface area contributed by atoms with E-state index < -0.39 is 42.1 Å². The maximum absolute atomic E-state index is 13.0. The van der Waals surface area contributed by atoms with Crippen molar-refractivity contribution < 1.29 is 33.8 Å². The number of amides is 2. The Hall–Kier alpha value is -4.66. The summed E-state index contributed by atoms with van der Waals surface area (Å²) in [7, 11) is 2.74. The van der Waals surface area contributed by atoms with E-state index in [0.29, 0.717) is 16.9 Å². The number of fused-ring (bicyclic) bond motifs is 1. The molecule has 0 spiro atoms. The van der Waals surface area contributed by atoms with Gasteiger partial charge in [0.1, 0.15) is 17.5 Å². The number of carboxylic acid groups (broad SMARTS) is 1. The van der Waals surface area contributed by atoms with Crippen molar-refractivity contribution in [3.8, 4) is 5.75 Å². The molecule has 0 unspecified atom stereocenters. The van der Waals surface area contributed by atoms with Crippen LogP contribution in [-0.4, -0.2) is 49.1 Å². The van der Waals surface area contributed by atoms with Gasteiger partial charge in [0.05, 0.1) is 26.6 Å². The molecule has 2 amide bonds. The summed E-state index contributed by atoms with van der Waals surface area (Å²) in [6.07, 6.45) is 0.720. The number of nitrogens with one attached hydrogen (secondary N) is 2. The monoisotopic (exact) mass is 504 g/mol. The Morgan fingerprint density at radius 3 is 2.24 bits per heavy atom. The van der Waals surface area contributed by atoms with Crippen molar-refractivity contribution in [1.29, 1.82) is 0 Å². The number of rotatable bonds is 10. The molecule has 0 saturated heterocycles. The van der Waals surface area contributed by atoms with Gasteiger partial charge in [0.2, 0.25) is 11.8 Å². The largest absolute Gasteiger partial charge is 0.497 e. The zero-order valence-corrected chi connectivity index (χ0v) is 20.7. The lowest BCUT2D eigenvalue weighted by Crippen LogP contribution is -2.49. The van der Waals surface area contributed by atoms with Gasteiger partial charge >= 0.3 is 11.9 Å². The van der Waals surface area contributed by atoms with E-state index >= 15 is 0 Å². The van der Waals surface area contributed by atoms with Crippen LogP contribution in [0.2, 0.25) is 0 Å². The van der Waals surface area contributed by atoms with Crippen molar-refractivity contribution in [2.45, 2.75) is 25.3 Å². The van der Waals surface area contributed by atoms with E-state index in [1.165, 1.54) is 6.08 Å². The van der Waals surface area contributed by atoms with Gasteiger partial charge in [-0.25, -0.2) is 4.79 Å². The van der Waals surface area contributed by atoms with Crippen LogP contribution in [0, 0.1) is 0 Å². The first kappa shape index (κ1) is 26.9. The molecule has 0 radical (unpaired) electrons. The first-order valence-corrected chi connectivity index (χ1v) is 11.5. The number of benzene rings is 3. The van der Waals surface area contributed by atoms with Crippen LogP contribution in [0.5, 0.6) is 5.75 Å². The first-order chi connectivity index (χ1) is 17.7. The quantitative estimate of drug-likeness (QED) is 0.285. The Morgan fingerprint density at radius 2 is 1.59 bits per heavy atom. The molecule has 0 fully saturated rings. The van der Waals surface area contributed by atoms with Crippen LogP contribution in [0.1, 0.15) is 30.4 Å². The normalized spacial score (nSPS) is 12.8. The first-order valence-electron chi connectivity index (χ1n) is 11.5. The molecule has 3 N–H and O–H groups in total. The standard InChI is InChI=1S/C28H28N2O7/c1-17(19-9-10-21-15-22(36-2)12-11-20(21)14-19)26(33)29-23(16-25(31)32)27(34)30-24(28(35)37-3)13-18-7-5-4-6-8-18/h4-15,17,23H,16H2,1-3H3,(H,29,33)(H,30,34)(H,31,32)/b24-13-/t17-,23-/m0/s1. The van der Waals surface area contributed by atoms with Gasteiger partial charge in [-0.3, -0.25) is 14.4 Å². The minimum absolute atomic E-state index is 0.193. The van der Waals surface area contributed by atoms with Gasteiger partial charge in [0.15, 0.2) is 0 Å². The van der Waals surface area contributed by atoms with E-state index in [1.54, 1.807) is 50.4 Å². The van der Waals surface area contributed by atoms with Crippen LogP contribution in [0.25, 0.3) is 16.8 Å². The van der Waals surface area contributed by atoms with Gasteiger partial charge in [-0.2, -0.15) is 0 Å². The molecule has 9 nitrogen and oxygen atoms in total. The topological polar surface area (TPSA) is 131 Å². The van der Waals surface area contributed by atoms with E-state index in [-0.39, 0.29) is 5.70 Å². The highest BCUT2D eigenvalue weighted by Crippen LogP contribution is 2.25. The molecule has 0 aromatic heterocycles. The summed E-state index contributed by atoms with van der Waals surface area (Å²) in [4.78, 5) is 49.7. The third-order valence-corrected chi connectivity index (χ3v) is 5.75. The predicted octanol–water partition coefficient (Wildman–Crippen LogP) is 3.24. The van der Waals surface area contributed by atoms with Gasteiger partial charge in [0.25, 0.3) is 0 Å². The Kier molecular flexibility index (Phi) is 8.99. The SMILES string of the molecule is COC(=O)/C(=C/c1ccccc1)NC(=O)[C@H](CC(=O)O)NC(=O)[C@@H](C)c1ccc2cc(OC)ccc2c1. The lowest BCUT2D eigenvalue weighted by atomic mass is 9.96. The van der Waals surface area contributed by atoms with Crippen LogP contribution in [0.3, 0.4) is 0 Å². The molecule has 192 valence electrons. The third-order valence-electron chi connectivity index (χ3n) is 5.75. The van der Waals surface area contributed by atoms with Crippen LogP contribution >= 0.6 is 0 Å². The fraction of sp³-hybridized carbons (Fsp3) is 0.214. The van der Waals surface area contributed by atoms with E-state index in [4.69, 9.17) is 9.47 Å². The van der Waals surface area contributed by atoms with Crippen molar-refractivity contribution in [2.75, 3.05) is 14.2 Å². The molecule has 0 bridgehead atoms. The molecule has 37 heavy (non-hydrogen) atoms. The molecule has 0 aliphatic heterocycles. The lowest BCUT2D eigenvalue weighted by molar-refractivity contribution is -0.141. The van der Waals surface area contributed by atoms with Crippen LogP contribution in [0.15, 0.2) is 72.4 Å². The molecule has 3 rings (SSSR count). The lowest BCUT2D eigenvalue weighted by Gasteiger charge is -2.20. The summed E-state index contributed by atoms with van der Waals surface area (Å²) >= 11 is 0. The van der Waals surface area contributed by atoms with Gasteiger partial charge in [-0.1, -0.05) is 54.6 Å². The number of esters is 1. The maximum Gasteiger partial charge on any atom is 0.354 e. The average Bonchev–Trinajstić information content (AvgIpc) is 2.90. The highest BCUT2D eigenvalue weighted by molar-refractivity contribution is 6.01. The van der Waals surface area contributed by atoms with E-state index in [0.717, 1.165) is 17.9 Å². The van der Waals surface area contributed by atoms with E-state index in [2.05, 4.69) is 10.6 Å². The van der Waals surface area contributed by atoms with Crippen LogP contribution in [0.4, 0.5) is 0 Å². The summed E-state index contributed by atoms with van der Waals surface area (Å²) in [6.45, 7) is 1.66. The molecule has 3 aromatic rings. The smallest absolute Gasteiger partial charge is 0.354 e. The molecule has 0 saturated carbocycles. The second-order valence-electron chi connectivity index (χ2n) is 8.30. The number of carbonyl (C=O) groups excluding carboxylic acids is 3. The maximum atomic E-state index is 13.0. The summed E-state index contributed by atoms with van der Waals surface area (Å²) < 4.78 is 9.98. The van der Waals surface area contributed by atoms with Gasteiger partial charge in [0, 0.05) is 0 Å². The molecule has 3 aromatic carbocycles. The molecule has 0 heterocycles. The highest BCUT2D eigenvalue weighted by atomic mass is 16.5. The number of methoxy groups -OCH3 is 2. The fourth-order valence-corrected chi connectivity index (χ4v) is 3.66. The molecule has 9 heteroatoms. The van der Waals surface area contributed by atoms with E-state index in [9.17, 15) is 24.3 Å². The minimum Gasteiger partial charge on any atom is -0.497 e. The fourth-order valence-electron chi connectivity index (χ4n) is 3.66. The Morgan fingerprint density at radius 1 is 0.919 bits per heavy atom. The predicted molar refractivity (Wildman–Crippen MR) is 138 cm³/mol. The molecular formula is C28H28N2O7.